The molecule has 0 spiro atoms. The maximum absolute atomic E-state index is 12.7. The lowest BCUT2D eigenvalue weighted by molar-refractivity contribution is 0.0905. The first-order valence-electron chi connectivity index (χ1n) is 8.27. The summed E-state index contributed by atoms with van der Waals surface area (Å²) in [7, 11) is -3.62. The number of hydrogen-bond acceptors (Lipinski definition) is 5. The maximum Gasteiger partial charge on any atom is 0.287 e. The minimum absolute atomic E-state index is 0.0228. The smallest absolute Gasteiger partial charge is 0.287 e. The van der Waals surface area contributed by atoms with Gasteiger partial charge in [-0.3, -0.25) is 4.79 Å². The van der Waals surface area contributed by atoms with Crippen LogP contribution in [0.25, 0.3) is 0 Å². The molecule has 1 saturated heterocycles. The van der Waals surface area contributed by atoms with Crippen LogP contribution in [0.15, 0.2) is 31.9 Å². The van der Waals surface area contributed by atoms with Crippen LogP contribution in [0, 0.1) is 13.8 Å². The molecule has 1 aliphatic rings. The van der Waals surface area contributed by atoms with Crippen molar-refractivity contribution < 1.29 is 22.0 Å². The fourth-order valence-corrected chi connectivity index (χ4v) is 4.60. The van der Waals surface area contributed by atoms with E-state index in [0.717, 1.165) is 18.6 Å². The van der Waals surface area contributed by atoms with Crippen molar-refractivity contribution in [3.8, 4) is 0 Å². The van der Waals surface area contributed by atoms with Crippen LogP contribution in [0.3, 0.4) is 0 Å². The predicted octanol–water partition coefficient (Wildman–Crippen LogP) is 2.76. The molecule has 3 heterocycles. The van der Waals surface area contributed by atoms with Crippen LogP contribution in [0.1, 0.15) is 53.6 Å². The second kappa shape index (κ2) is 6.68. The number of aryl methyl sites for hydroxylation is 2. The predicted molar refractivity (Wildman–Crippen MR) is 90.8 cm³/mol. The summed E-state index contributed by atoms with van der Waals surface area (Å²) in [5.74, 6) is 1.10. The number of amides is 1. The third-order valence-electron chi connectivity index (χ3n) is 4.31. The molecule has 2 aromatic heterocycles. The van der Waals surface area contributed by atoms with Crippen molar-refractivity contribution in [3.63, 3.8) is 0 Å². The molecule has 3 rings (SSSR count). The summed E-state index contributed by atoms with van der Waals surface area (Å²) in [5, 5.41) is 2.75. The normalized spacial score (nSPS) is 16.9. The third kappa shape index (κ3) is 3.50. The highest BCUT2D eigenvalue weighted by atomic mass is 32.2. The summed E-state index contributed by atoms with van der Waals surface area (Å²) < 4.78 is 37.6. The van der Waals surface area contributed by atoms with Crippen molar-refractivity contribution in [2.24, 2.45) is 0 Å². The summed E-state index contributed by atoms with van der Waals surface area (Å²) in [6.07, 6.45) is 1.70. The molecule has 0 aromatic carbocycles. The van der Waals surface area contributed by atoms with Gasteiger partial charge >= 0.3 is 0 Å². The fraction of sp³-hybridized carbons (Fsp3) is 0.471. The monoisotopic (exact) mass is 366 g/mol. The van der Waals surface area contributed by atoms with Crippen LogP contribution in [-0.2, 0) is 10.0 Å². The molecule has 1 aliphatic heterocycles. The van der Waals surface area contributed by atoms with Gasteiger partial charge in [-0.2, -0.15) is 4.31 Å². The van der Waals surface area contributed by atoms with Crippen molar-refractivity contribution >= 4 is 15.9 Å². The van der Waals surface area contributed by atoms with E-state index < -0.39 is 15.9 Å². The topological polar surface area (TPSA) is 92.8 Å². The summed E-state index contributed by atoms with van der Waals surface area (Å²) >= 11 is 0. The van der Waals surface area contributed by atoms with Crippen LogP contribution < -0.4 is 5.32 Å². The lowest BCUT2D eigenvalue weighted by Gasteiger charge is -2.14. The van der Waals surface area contributed by atoms with Gasteiger partial charge in [-0.15, -0.1) is 0 Å². The van der Waals surface area contributed by atoms with Gasteiger partial charge in [0, 0.05) is 19.2 Å². The molecule has 25 heavy (non-hydrogen) atoms. The van der Waals surface area contributed by atoms with Crippen LogP contribution in [-0.4, -0.2) is 31.7 Å². The number of carbonyl (C=O) groups is 1. The van der Waals surface area contributed by atoms with Crippen LogP contribution in [0.2, 0.25) is 0 Å². The Balaban J connectivity index is 1.78. The SMILES string of the molecule is Cc1ccc(C(C)NC(=O)c2cc(S(=O)(=O)N3CCCC3)c(C)o2)o1. The van der Waals surface area contributed by atoms with Gasteiger partial charge in [0.1, 0.15) is 22.2 Å². The van der Waals surface area contributed by atoms with Crippen molar-refractivity contribution in [1.29, 1.82) is 0 Å². The number of sulfonamides is 1. The van der Waals surface area contributed by atoms with E-state index in [0.29, 0.717) is 18.8 Å². The molecule has 1 atom stereocenters. The molecule has 0 aliphatic carbocycles. The molecule has 0 radical (unpaired) electrons. The van der Waals surface area contributed by atoms with Crippen molar-refractivity contribution in [2.45, 2.75) is 44.6 Å². The molecule has 1 amide bonds. The Hall–Kier alpha value is -2.06. The van der Waals surface area contributed by atoms with Crippen LogP contribution >= 0.6 is 0 Å². The number of carbonyl (C=O) groups excluding carboxylic acids is 1. The summed E-state index contributed by atoms with van der Waals surface area (Å²) in [5.41, 5.74) is 0. The van der Waals surface area contributed by atoms with E-state index in [1.807, 2.05) is 13.0 Å². The fourth-order valence-electron chi connectivity index (χ4n) is 2.93. The van der Waals surface area contributed by atoms with E-state index in [1.54, 1.807) is 19.9 Å². The van der Waals surface area contributed by atoms with Gasteiger partial charge in [0.15, 0.2) is 5.76 Å². The van der Waals surface area contributed by atoms with E-state index in [2.05, 4.69) is 5.32 Å². The number of nitrogens with one attached hydrogen (secondary N) is 1. The second-order valence-electron chi connectivity index (χ2n) is 6.29. The zero-order chi connectivity index (χ0) is 18.2. The van der Waals surface area contributed by atoms with E-state index in [-0.39, 0.29) is 22.5 Å². The van der Waals surface area contributed by atoms with Gasteiger partial charge < -0.3 is 14.2 Å². The number of nitrogens with zero attached hydrogens (tertiary/aromatic N) is 1. The highest BCUT2D eigenvalue weighted by Gasteiger charge is 2.32. The minimum atomic E-state index is -3.62. The van der Waals surface area contributed by atoms with Crippen molar-refractivity contribution in [2.75, 3.05) is 13.1 Å². The Bertz CT molecular complexity index is 875. The van der Waals surface area contributed by atoms with Crippen LogP contribution in [0.4, 0.5) is 0 Å². The highest BCUT2D eigenvalue weighted by molar-refractivity contribution is 7.89. The molecule has 1 fully saturated rings. The summed E-state index contributed by atoms with van der Waals surface area (Å²) in [4.78, 5) is 12.5. The Morgan fingerprint density at radius 3 is 2.48 bits per heavy atom. The Labute approximate surface area is 147 Å². The lowest BCUT2D eigenvalue weighted by Crippen LogP contribution is -2.28. The summed E-state index contributed by atoms with van der Waals surface area (Å²) in [6.45, 7) is 6.17. The molecule has 8 heteroatoms. The lowest BCUT2D eigenvalue weighted by atomic mass is 10.2. The Kier molecular flexibility index (Phi) is 4.75. The highest BCUT2D eigenvalue weighted by Crippen LogP contribution is 2.26. The molecular formula is C17H22N2O5S. The molecule has 7 nitrogen and oxygen atoms in total. The van der Waals surface area contributed by atoms with Crippen molar-refractivity contribution in [3.05, 3.63) is 41.2 Å². The number of hydrogen-bond donors (Lipinski definition) is 1. The van der Waals surface area contributed by atoms with Crippen molar-refractivity contribution in [1.82, 2.24) is 9.62 Å². The average Bonchev–Trinajstić information content (AvgIpc) is 3.26. The van der Waals surface area contributed by atoms with E-state index in [9.17, 15) is 13.2 Å². The van der Waals surface area contributed by atoms with Gasteiger partial charge in [0.2, 0.25) is 10.0 Å². The van der Waals surface area contributed by atoms with Gasteiger partial charge in [-0.1, -0.05) is 0 Å². The summed E-state index contributed by atoms with van der Waals surface area (Å²) in [6, 6.07) is 4.55. The Morgan fingerprint density at radius 2 is 1.88 bits per heavy atom. The molecule has 1 unspecified atom stereocenters. The molecule has 0 saturated carbocycles. The van der Waals surface area contributed by atoms with Gasteiger partial charge in [-0.25, -0.2) is 8.42 Å². The second-order valence-corrected chi connectivity index (χ2v) is 8.19. The quantitative estimate of drug-likeness (QED) is 0.878. The zero-order valence-electron chi connectivity index (χ0n) is 14.5. The first-order valence-corrected chi connectivity index (χ1v) is 9.71. The first-order chi connectivity index (χ1) is 11.8. The average molecular weight is 366 g/mol. The van der Waals surface area contributed by atoms with E-state index >= 15 is 0 Å². The standard InChI is InChI=1S/C17H22N2O5S/c1-11-6-7-14(23-11)12(2)18-17(20)15-10-16(13(3)24-15)25(21,22)19-8-4-5-9-19/h6-7,10,12H,4-5,8-9H2,1-3H3,(H,18,20). The largest absolute Gasteiger partial charge is 0.464 e. The third-order valence-corrected chi connectivity index (χ3v) is 6.32. The molecule has 1 N–H and O–H groups in total. The molecular weight excluding hydrogens is 344 g/mol. The van der Waals surface area contributed by atoms with E-state index in [1.165, 1.54) is 10.4 Å². The number of furan rings is 2. The van der Waals surface area contributed by atoms with Gasteiger partial charge in [0.05, 0.1) is 6.04 Å². The maximum atomic E-state index is 12.7. The zero-order valence-corrected chi connectivity index (χ0v) is 15.4. The minimum Gasteiger partial charge on any atom is -0.464 e. The molecule has 2 aromatic rings. The van der Waals surface area contributed by atoms with Gasteiger partial charge in [-0.05, 0) is 45.7 Å². The number of rotatable bonds is 5. The molecule has 0 bridgehead atoms. The van der Waals surface area contributed by atoms with Crippen LogP contribution in [0.5, 0.6) is 0 Å². The molecule has 136 valence electrons. The van der Waals surface area contributed by atoms with E-state index in [4.69, 9.17) is 8.83 Å². The Morgan fingerprint density at radius 1 is 1.20 bits per heavy atom. The first kappa shape index (κ1) is 17.8. The van der Waals surface area contributed by atoms with Gasteiger partial charge in [0.25, 0.3) is 5.91 Å².